The molecule has 0 fully saturated rings. The molecule has 1 heterocycles. The fourth-order valence-corrected chi connectivity index (χ4v) is 10.4. The van der Waals surface area contributed by atoms with Crippen molar-refractivity contribution in [2.24, 2.45) is 0 Å². The van der Waals surface area contributed by atoms with Crippen molar-refractivity contribution in [1.82, 2.24) is 0 Å². The molecule has 7 aromatic carbocycles. The normalized spacial score (nSPS) is 18.8. The molecule has 0 aromatic heterocycles. The van der Waals surface area contributed by atoms with Crippen molar-refractivity contribution in [1.29, 1.82) is 0 Å². The monoisotopic (exact) mass is 604 g/mol. The predicted octanol–water partition coefficient (Wildman–Crippen LogP) is 12.0. The van der Waals surface area contributed by atoms with Crippen LogP contribution in [0.15, 0.2) is 157 Å². The van der Waals surface area contributed by atoms with Crippen LogP contribution in [0.3, 0.4) is 0 Å². The minimum absolute atomic E-state index is 0.430. The second kappa shape index (κ2) is 10.1. The number of fused-ring (bicyclic) bond motifs is 6. The minimum atomic E-state index is -0.430. The number of benzene rings is 7. The quantitative estimate of drug-likeness (QED) is 0.193. The van der Waals surface area contributed by atoms with Crippen molar-refractivity contribution in [2.45, 2.75) is 34.8 Å². The van der Waals surface area contributed by atoms with Crippen molar-refractivity contribution >= 4 is 22.5 Å². The van der Waals surface area contributed by atoms with Crippen LogP contribution in [0.25, 0.3) is 44.2 Å². The highest BCUT2D eigenvalue weighted by molar-refractivity contribution is 8.00. The molecule has 1 aliphatic heterocycles. The number of aryl methyl sites for hydroxylation is 1. The Hall–Kier alpha value is -4.85. The average molecular weight is 605 g/mol. The molecule has 3 aliphatic rings. The molecule has 10 rings (SSSR count). The van der Waals surface area contributed by atoms with Gasteiger partial charge in [-0.25, -0.2) is 0 Å². The highest BCUT2D eigenvalue weighted by Gasteiger charge is 2.46. The van der Waals surface area contributed by atoms with Crippen LogP contribution in [0, 0.1) is 0 Å². The lowest BCUT2D eigenvalue weighted by Gasteiger charge is -2.35. The predicted molar refractivity (Wildman–Crippen MR) is 194 cm³/mol. The standard InChI is InChI=1S/C45H32S/c1-2-17-33(18-3-1)45(40-24-7-6-20-36(40)39-27-30-12-4-5-13-31(30)28-41(39)45)34-19-8-16-32(26-34)35-21-11-23-38-37-22-9-14-29-15-10-25-42(43(29)37)46-44(35)38/h1-9,11-14,16-24,26-28,42H,10,15,25H2. The van der Waals surface area contributed by atoms with Gasteiger partial charge in [-0.15, -0.1) is 11.8 Å². The first-order valence-electron chi connectivity index (χ1n) is 16.5. The summed E-state index contributed by atoms with van der Waals surface area (Å²) in [5, 5.41) is 3.10. The highest BCUT2D eigenvalue weighted by atomic mass is 32.2. The topological polar surface area (TPSA) is 0 Å². The molecule has 0 saturated carbocycles. The molecule has 0 N–H and O–H groups in total. The Labute approximate surface area is 274 Å². The van der Waals surface area contributed by atoms with Crippen molar-refractivity contribution in [3.8, 4) is 33.4 Å². The largest absolute Gasteiger partial charge is 0.117 e. The molecule has 46 heavy (non-hydrogen) atoms. The van der Waals surface area contributed by atoms with E-state index in [1.165, 1.54) is 90.6 Å². The summed E-state index contributed by atoms with van der Waals surface area (Å²) in [6.45, 7) is 0. The van der Waals surface area contributed by atoms with Crippen molar-refractivity contribution in [3.05, 3.63) is 185 Å². The fourth-order valence-electron chi connectivity index (χ4n) is 8.79. The zero-order valence-corrected chi connectivity index (χ0v) is 26.4. The van der Waals surface area contributed by atoms with E-state index in [2.05, 4.69) is 163 Å². The third kappa shape index (κ3) is 3.64. The Morgan fingerprint density at radius 1 is 0.500 bits per heavy atom. The maximum atomic E-state index is 2.50. The van der Waals surface area contributed by atoms with E-state index in [0.29, 0.717) is 5.25 Å². The molecule has 7 aromatic rings. The minimum Gasteiger partial charge on any atom is -0.117 e. The van der Waals surface area contributed by atoms with E-state index in [4.69, 9.17) is 0 Å². The zero-order valence-electron chi connectivity index (χ0n) is 25.5. The summed E-state index contributed by atoms with van der Waals surface area (Å²) in [5.41, 5.74) is 16.2. The molecule has 1 heteroatoms. The maximum Gasteiger partial charge on any atom is 0.0713 e. The Balaban J connectivity index is 1.24. The maximum absolute atomic E-state index is 2.50. The van der Waals surface area contributed by atoms with Crippen LogP contribution in [0.5, 0.6) is 0 Å². The molecule has 2 aliphatic carbocycles. The van der Waals surface area contributed by atoms with Gasteiger partial charge in [-0.1, -0.05) is 133 Å². The number of rotatable bonds is 3. The van der Waals surface area contributed by atoms with E-state index in [-0.39, 0.29) is 0 Å². The molecule has 0 amide bonds. The highest BCUT2D eigenvalue weighted by Crippen LogP contribution is 2.59. The Morgan fingerprint density at radius 2 is 1.20 bits per heavy atom. The molecule has 0 saturated heterocycles. The van der Waals surface area contributed by atoms with Crippen LogP contribution >= 0.6 is 11.8 Å². The van der Waals surface area contributed by atoms with Gasteiger partial charge >= 0.3 is 0 Å². The van der Waals surface area contributed by atoms with E-state index < -0.39 is 5.41 Å². The summed E-state index contributed by atoms with van der Waals surface area (Å²) in [5.74, 6) is 0. The molecule has 0 nitrogen and oxygen atoms in total. The molecule has 0 radical (unpaired) electrons. The van der Waals surface area contributed by atoms with Gasteiger partial charge in [-0.2, -0.15) is 0 Å². The smallest absolute Gasteiger partial charge is 0.0713 e. The van der Waals surface area contributed by atoms with Gasteiger partial charge in [-0.05, 0) is 115 Å². The second-order valence-electron chi connectivity index (χ2n) is 13.0. The third-order valence-electron chi connectivity index (χ3n) is 10.7. The molecule has 0 spiro atoms. The van der Waals surface area contributed by atoms with Gasteiger partial charge in [0.1, 0.15) is 0 Å². The van der Waals surface area contributed by atoms with Gasteiger partial charge in [0, 0.05) is 10.1 Å². The first kappa shape index (κ1) is 26.4. The van der Waals surface area contributed by atoms with Crippen LogP contribution in [0.1, 0.15) is 51.5 Å². The van der Waals surface area contributed by atoms with E-state index in [1.54, 1.807) is 11.1 Å². The Kier molecular flexibility index (Phi) is 5.78. The first-order chi connectivity index (χ1) is 22.8. The molecule has 2 atom stereocenters. The number of hydrogen-bond donors (Lipinski definition) is 0. The lowest BCUT2D eigenvalue weighted by atomic mass is 9.67. The SMILES string of the molecule is c1ccc(C2(c3cccc(-c4cccc5c4SC4CCCc6cccc-5c64)c3)c3ccccc3-c3cc4ccccc4cc32)cc1. The lowest BCUT2D eigenvalue weighted by molar-refractivity contribution is 0.673. The van der Waals surface area contributed by atoms with Crippen LogP contribution in [0.4, 0.5) is 0 Å². The summed E-state index contributed by atoms with van der Waals surface area (Å²) >= 11 is 2.10. The van der Waals surface area contributed by atoms with Crippen molar-refractivity contribution < 1.29 is 0 Å². The Morgan fingerprint density at radius 3 is 2.11 bits per heavy atom. The van der Waals surface area contributed by atoms with Crippen molar-refractivity contribution in [3.63, 3.8) is 0 Å². The molecule has 0 bridgehead atoms. The third-order valence-corrected chi connectivity index (χ3v) is 12.2. The molecule has 2 unspecified atom stereocenters. The van der Waals surface area contributed by atoms with E-state index in [9.17, 15) is 0 Å². The van der Waals surface area contributed by atoms with Crippen LogP contribution in [-0.2, 0) is 11.8 Å². The van der Waals surface area contributed by atoms with E-state index in [0.717, 1.165) is 0 Å². The Bertz CT molecular complexity index is 2330. The number of hydrogen-bond acceptors (Lipinski definition) is 1. The number of thioether (sulfide) groups is 1. The molecular formula is C45H32S. The van der Waals surface area contributed by atoms with Crippen LogP contribution in [0.2, 0.25) is 0 Å². The van der Waals surface area contributed by atoms with Crippen LogP contribution < -0.4 is 0 Å². The summed E-state index contributed by atoms with van der Waals surface area (Å²) < 4.78 is 0. The van der Waals surface area contributed by atoms with Gasteiger partial charge in [0.25, 0.3) is 0 Å². The fraction of sp³-hybridized carbons (Fsp3) is 0.111. The van der Waals surface area contributed by atoms with Crippen LogP contribution in [-0.4, -0.2) is 0 Å². The van der Waals surface area contributed by atoms with Gasteiger partial charge in [0.05, 0.1) is 5.41 Å². The summed E-state index contributed by atoms with van der Waals surface area (Å²) in [6, 6.07) is 57.4. The average Bonchev–Trinajstić information content (AvgIpc) is 3.41. The van der Waals surface area contributed by atoms with E-state index >= 15 is 0 Å². The van der Waals surface area contributed by atoms with E-state index in [1.807, 2.05) is 0 Å². The second-order valence-corrected chi connectivity index (χ2v) is 14.3. The zero-order chi connectivity index (χ0) is 30.2. The molecular weight excluding hydrogens is 573 g/mol. The summed E-state index contributed by atoms with van der Waals surface area (Å²) in [6.07, 6.45) is 3.73. The van der Waals surface area contributed by atoms with Crippen molar-refractivity contribution in [2.75, 3.05) is 0 Å². The van der Waals surface area contributed by atoms with Gasteiger partial charge in [-0.3, -0.25) is 0 Å². The van der Waals surface area contributed by atoms with Gasteiger partial charge in [0.2, 0.25) is 0 Å². The molecule has 218 valence electrons. The van der Waals surface area contributed by atoms with Gasteiger partial charge < -0.3 is 0 Å². The summed E-state index contributed by atoms with van der Waals surface area (Å²) in [7, 11) is 0. The van der Waals surface area contributed by atoms with Gasteiger partial charge in [0.15, 0.2) is 0 Å². The lowest BCUT2D eigenvalue weighted by Crippen LogP contribution is -2.28. The first-order valence-corrected chi connectivity index (χ1v) is 17.4. The summed E-state index contributed by atoms with van der Waals surface area (Å²) in [4.78, 5) is 1.43.